The first kappa shape index (κ1) is 17.2. The van der Waals surface area contributed by atoms with Crippen molar-refractivity contribution in [2.45, 2.75) is 25.3 Å². The predicted molar refractivity (Wildman–Crippen MR) is 70.8 cm³/mol. The van der Waals surface area contributed by atoms with Crippen LogP contribution in [0, 0.1) is 0 Å². The lowest BCUT2D eigenvalue weighted by Crippen LogP contribution is -2.49. The Kier molecular flexibility index (Phi) is 9.63. The molecule has 106 valence electrons. The van der Waals surface area contributed by atoms with Crippen LogP contribution in [-0.4, -0.2) is 51.2 Å². The van der Waals surface area contributed by atoms with Crippen LogP contribution in [0.2, 0.25) is 0 Å². The van der Waals surface area contributed by atoms with Gasteiger partial charge in [-0.25, -0.2) is 0 Å². The summed E-state index contributed by atoms with van der Waals surface area (Å²) in [6, 6.07) is -0.143. The highest BCUT2D eigenvalue weighted by Crippen LogP contribution is 2.06. The predicted octanol–water partition coefficient (Wildman–Crippen LogP) is -0.571. The van der Waals surface area contributed by atoms with E-state index in [1.807, 2.05) is 0 Å². The topological polar surface area (TPSA) is 79.5 Å². The molecule has 1 aliphatic heterocycles. The summed E-state index contributed by atoms with van der Waals surface area (Å²) in [5.74, 6) is -0.280. The minimum Gasteiger partial charge on any atom is -0.383 e. The summed E-state index contributed by atoms with van der Waals surface area (Å²) < 4.78 is 4.80. The molecule has 18 heavy (non-hydrogen) atoms. The van der Waals surface area contributed by atoms with Gasteiger partial charge in [-0.1, -0.05) is 6.42 Å². The molecule has 0 bridgehead atoms. The highest BCUT2D eigenvalue weighted by molar-refractivity contribution is 5.87. The van der Waals surface area contributed by atoms with Gasteiger partial charge in [0.15, 0.2) is 0 Å². The quantitative estimate of drug-likeness (QED) is 0.569. The molecule has 1 saturated heterocycles. The lowest BCUT2D eigenvalue weighted by Gasteiger charge is -2.22. The molecule has 0 aliphatic carbocycles. The molecule has 1 fully saturated rings. The largest absolute Gasteiger partial charge is 0.383 e. The second kappa shape index (κ2) is 10.1. The Bertz CT molecular complexity index is 258. The summed E-state index contributed by atoms with van der Waals surface area (Å²) in [5, 5.41) is 8.40. The van der Waals surface area contributed by atoms with Gasteiger partial charge in [-0.3, -0.25) is 9.59 Å². The molecule has 1 rings (SSSR count). The number of hydrogen-bond acceptors (Lipinski definition) is 4. The minimum atomic E-state index is -0.189. The van der Waals surface area contributed by atoms with E-state index >= 15 is 0 Å². The van der Waals surface area contributed by atoms with Gasteiger partial charge in [0.25, 0.3) is 0 Å². The Balaban J connectivity index is 0.00000289. The third-order valence-corrected chi connectivity index (χ3v) is 2.68. The molecule has 0 radical (unpaired) electrons. The first-order valence-corrected chi connectivity index (χ1v) is 6.00. The second-order valence-electron chi connectivity index (χ2n) is 4.06. The number of amides is 2. The number of ether oxygens (including phenoxy) is 1. The monoisotopic (exact) mass is 279 g/mol. The number of hydrogen-bond donors (Lipinski definition) is 3. The normalized spacial score (nSPS) is 18.6. The number of piperidine rings is 1. The maximum atomic E-state index is 11.7. The van der Waals surface area contributed by atoms with Crippen LogP contribution in [0.4, 0.5) is 0 Å². The van der Waals surface area contributed by atoms with E-state index in [0.717, 1.165) is 25.8 Å². The van der Waals surface area contributed by atoms with E-state index in [1.54, 1.807) is 7.11 Å². The summed E-state index contributed by atoms with van der Waals surface area (Å²) in [4.78, 5) is 23.0. The maximum Gasteiger partial charge on any atom is 0.239 e. The third-order valence-electron chi connectivity index (χ3n) is 2.68. The van der Waals surface area contributed by atoms with E-state index in [-0.39, 0.29) is 36.8 Å². The number of carbonyl (C=O) groups is 2. The molecule has 0 aromatic rings. The molecular weight excluding hydrogens is 258 g/mol. The van der Waals surface area contributed by atoms with Gasteiger partial charge in [0, 0.05) is 13.7 Å². The molecule has 0 saturated carbocycles. The van der Waals surface area contributed by atoms with Crippen molar-refractivity contribution in [1.29, 1.82) is 0 Å². The number of methoxy groups -OCH3 is 1. The van der Waals surface area contributed by atoms with E-state index in [1.165, 1.54) is 0 Å². The average Bonchev–Trinajstić information content (AvgIpc) is 2.37. The van der Waals surface area contributed by atoms with Crippen LogP contribution in [0.1, 0.15) is 19.3 Å². The Labute approximate surface area is 114 Å². The molecule has 3 N–H and O–H groups in total. The van der Waals surface area contributed by atoms with E-state index in [9.17, 15) is 9.59 Å². The van der Waals surface area contributed by atoms with Crippen LogP contribution >= 0.6 is 12.4 Å². The zero-order chi connectivity index (χ0) is 12.5. The zero-order valence-electron chi connectivity index (χ0n) is 10.7. The summed E-state index contributed by atoms with van der Waals surface area (Å²) in [6.45, 7) is 1.84. The summed E-state index contributed by atoms with van der Waals surface area (Å²) >= 11 is 0. The number of carbonyl (C=O) groups excluding carboxylic acids is 2. The number of halogens is 1. The molecule has 1 heterocycles. The highest BCUT2D eigenvalue weighted by atomic mass is 35.5. The maximum absolute atomic E-state index is 11.7. The molecule has 1 unspecified atom stereocenters. The van der Waals surface area contributed by atoms with Crippen molar-refractivity contribution in [1.82, 2.24) is 16.0 Å². The van der Waals surface area contributed by atoms with Gasteiger partial charge in [0.2, 0.25) is 11.8 Å². The van der Waals surface area contributed by atoms with Crippen molar-refractivity contribution in [3.8, 4) is 0 Å². The Morgan fingerprint density at radius 2 is 2.11 bits per heavy atom. The Morgan fingerprint density at radius 1 is 1.33 bits per heavy atom. The molecule has 1 atom stereocenters. The van der Waals surface area contributed by atoms with Gasteiger partial charge in [-0.05, 0) is 19.4 Å². The van der Waals surface area contributed by atoms with Crippen LogP contribution in [0.15, 0.2) is 0 Å². The molecule has 0 aromatic carbocycles. The fraction of sp³-hybridized carbons (Fsp3) is 0.818. The van der Waals surface area contributed by atoms with E-state index in [2.05, 4.69) is 16.0 Å². The SMILES string of the molecule is COCCNC(=O)CNC(=O)C1CCCCN1.Cl. The molecule has 2 amide bonds. The zero-order valence-corrected chi connectivity index (χ0v) is 11.5. The summed E-state index contributed by atoms with van der Waals surface area (Å²) in [6.07, 6.45) is 3.02. The van der Waals surface area contributed by atoms with Crippen LogP contribution < -0.4 is 16.0 Å². The highest BCUT2D eigenvalue weighted by Gasteiger charge is 2.20. The van der Waals surface area contributed by atoms with Gasteiger partial charge < -0.3 is 20.7 Å². The molecule has 7 heteroatoms. The van der Waals surface area contributed by atoms with Gasteiger partial charge in [-0.15, -0.1) is 12.4 Å². The van der Waals surface area contributed by atoms with Crippen LogP contribution in [0.3, 0.4) is 0 Å². The second-order valence-corrected chi connectivity index (χ2v) is 4.06. The fourth-order valence-corrected chi connectivity index (χ4v) is 1.72. The van der Waals surface area contributed by atoms with Crippen molar-refractivity contribution in [2.75, 3.05) is 33.4 Å². The van der Waals surface area contributed by atoms with Gasteiger partial charge in [0.05, 0.1) is 19.2 Å². The van der Waals surface area contributed by atoms with E-state index < -0.39 is 0 Å². The molecule has 0 aromatic heterocycles. The summed E-state index contributed by atoms with van der Waals surface area (Å²) in [5.41, 5.74) is 0. The summed E-state index contributed by atoms with van der Waals surface area (Å²) in [7, 11) is 1.57. The Hall–Kier alpha value is -0.850. The molecule has 6 nitrogen and oxygen atoms in total. The van der Waals surface area contributed by atoms with Gasteiger partial charge >= 0.3 is 0 Å². The van der Waals surface area contributed by atoms with Crippen LogP contribution in [0.25, 0.3) is 0 Å². The van der Waals surface area contributed by atoms with Crippen LogP contribution in [0.5, 0.6) is 0 Å². The lowest BCUT2D eigenvalue weighted by molar-refractivity contribution is -0.127. The van der Waals surface area contributed by atoms with Gasteiger partial charge in [-0.2, -0.15) is 0 Å². The smallest absolute Gasteiger partial charge is 0.239 e. The van der Waals surface area contributed by atoms with E-state index in [4.69, 9.17) is 4.74 Å². The average molecular weight is 280 g/mol. The fourth-order valence-electron chi connectivity index (χ4n) is 1.72. The first-order valence-electron chi connectivity index (χ1n) is 6.00. The molecule has 1 aliphatic rings. The van der Waals surface area contributed by atoms with Gasteiger partial charge in [0.1, 0.15) is 0 Å². The number of nitrogens with one attached hydrogen (secondary N) is 3. The van der Waals surface area contributed by atoms with Crippen molar-refractivity contribution in [2.24, 2.45) is 0 Å². The van der Waals surface area contributed by atoms with E-state index in [0.29, 0.717) is 13.2 Å². The number of rotatable bonds is 6. The van der Waals surface area contributed by atoms with Crippen molar-refractivity contribution in [3.63, 3.8) is 0 Å². The lowest BCUT2D eigenvalue weighted by atomic mass is 10.0. The molecular formula is C11H22ClN3O3. The minimum absolute atomic E-state index is 0. The van der Waals surface area contributed by atoms with Crippen LogP contribution in [-0.2, 0) is 14.3 Å². The molecule has 0 spiro atoms. The third kappa shape index (κ3) is 6.78. The van der Waals surface area contributed by atoms with Crippen molar-refractivity contribution < 1.29 is 14.3 Å². The van der Waals surface area contributed by atoms with Crippen molar-refractivity contribution >= 4 is 24.2 Å². The standard InChI is InChI=1S/C11H21N3O3.ClH/c1-17-7-6-13-10(15)8-14-11(16)9-4-2-3-5-12-9;/h9,12H,2-8H2,1H3,(H,13,15)(H,14,16);1H. The van der Waals surface area contributed by atoms with Crippen molar-refractivity contribution in [3.05, 3.63) is 0 Å². The first-order chi connectivity index (χ1) is 8.24. The Morgan fingerprint density at radius 3 is 2.72 bits per heavy atom.